The minimum atomic E-state index is -0.388. The first kappa shape index (κ1) is 13.9. The van der Waals surface area contributed by atoms with Gasteiger partial charge in [-0.2, -0.15) is 5.10 Å². The van der Waals surface area contributed by atoms with Gasteiger partial charge in [-0.3, -0.25) is 9.48 Å². The first-order chi connectivity index (χ1) is 10.1. The monoisotopic (exact) mass is 284 g/mol. The SMILES string of the molecule is COc1cnn(C(C)C)c1C(=O)C1(c2ccccc2)CC1. The topological polar surface area (TPSA) is 44.1 Å². The molecule has 3 rings (SSSR count). The molecule has 0 N–H and O–H groups in total. The highest BCUT2D eigenvalue weighted by molar-refractivity contribution is 6.06. The molecule has 1 aliphatic carbocycles. The van der Waals surface area contributed by atoms with Gasteiger partial charge in [0.2, 0.25) is 0 Å². The van der Waals surface area contributed by atoms with E-state index < -0.39 is 0 Å². The Morgan fingerprint density at radius 3 is 2.48 bits per heavy atom. The third-order valence-corrected chi connectivity index (χ3v) is 4.20. The highest BCUT2D eigenvalue weighted by Gasteiger charge is 2.53. The number of nitrogens with zero attached hydrogens (tertiary/aromatic N) is 2. The van der Waals surface area contributed by atoms with Crippen LogP contribution in [-0.4, -0.2) is 22.7 Å². The van der Waals surface area contributed by atoms with E-state index in [9.17, 15) is 4.79 Å². The number of carbonyl (C=O) groups is 1. The third kappa shape index (κ3) is 2.15. The molecule has 1 saturated carbocycles. The molecule has 1 fully saturated rings. The van der Waals surface area contributed by atoms with Gasteiger partial charge in [0.15, 0.2) is 11.5 Å². The zero-order chi connectivity index (χ0) is 15.0. The lowest BCUT2D eigenvalue weighted by molar-refractivity contribution is 0.0930. The van der Waals surface area contributed by atoms with Gasteiger partial charge in [0.1, 0.15) is 5.69 Å². The molecule has 4 nitrogen and oxygen atoms in total. The van der Waals surface area contributed by atoms with Crippen LogP contribution in [0.4, 0.5) is 0 Å². The second kappa shape index (κ2) is 5.02. The maximum atomic E-state index is 13.2. The zero-order valence-electron chi connectivity index (χ0n) is 12.7. The summed E-state index contributed by atoms with van der Waals surface area (Å²) in [5.74, 6) is 0.688. The average molecular weight is 284 g/mol. The van der Waals surface area contributed by atoms with Crippen molar-refractivity contribution in [1.82, 2.24) is 9.78 Å². The van der Waals surface area contributed by atoms with Crippen molar-refractivity contribution < 1.29 is 9.53 Å². The normalized spacial score (nSPS) is 16.0. The Labute approximate surface area is 124 Å². The van der Waals surface area contributed by atoms with Crippen molar-refractivity contribution in [1.29, 1.82) is 0 Å². The Bertz CT molecular complexity index is 655. The minimum Gasteiger partial charge on any atom is -0.493 e. The van der Waals surface area contributed by atoms with Crippen LogP contribution in [0.15, 0.2) is 36.5 Å². The number of ketones is 1. The second-order valence-corrected chi connectivity index (χ2v) is 5.88. The second-order valence-electron chi connectivity index (χ2n) is 5.88. The number of methoxy groups -OCH3 is 1. The first-order valence-electron chi connectivity index (χ1n) is 7.32. The van der Waals surface area contributed by atoms with E-state index in [4.69, 9.17) is 4.74 Å². The maximum absolute atomic E-state index is 13.2. The van der Waals surface area contributed by atoms with E-state index in [0.717, 1.165) is 18.4 Å². The van der Waals surface area contributed by atoms with E-state index in [2.05, 4.69) is 5.10 Å². The predicted molar refractivity (Wildman–Crippen MR) is 80.8 cm³/mol. The van der Waals surface area contributed by atoms with Crippen LogP contribution < -0.4 is 4.74 Å². The van der Waals surface area contributed by atoms with Gasteiger partial charge in [0.25, 0.3) is 0 Å². The largest absolute Gasteiger partial charge is 0.493 e. The Hall–Kier alpha value is -2.10. The van der Waals surface area contributed by atoms with Crippen LogP contribution in [0, 0.1) is 0 Å². The molecule has 0 amide bonds. The summed E-state index contributed by atoms with van der Waals surface area (Å²) in [6.45, 7) is 4.04. The Balaban J connectivity index is 2.05. The third-order valence-electron chi connectivity index (χ3n) is 4.20. The molecule has 0 saturated heterocycles. The molecule has 0 radical (unpaired) electrons. The zero-order valence-corrected chi connectivity index (χ0v) is 12.7. The fraction of sp³-hybridized carbons (Fsp3) is 0.412. The molecular formula is C17H20N2O2. The van der Waals surface area contributed by atoms with Crippen LogP contribution >= 0.6 is 0 Å². The summed E-state index contributed by atoms with van der Waals surface area (Å²) in [7, 11) is 1.58. The van der Waals surface area contributed by atoms with Gasteiger partial charge in [-0.15, -0.1) is 0 Å². The van der Waals surface area contributed by atoms with Crippen molar-refractivity contribution in [3.8, 4) is 5.75 Å². The highest BCUT2D eigenvalue weighted by atomic mass is 16.5. The summed E-state index contributed by atoms with van der Waals surface area (Å²) in [6, 6.07) is 10.1. The molecule has 2 aromatic rings. The van der Waals surface area contributed by atoms with E-state index >= 15 is 0 Å². The average Bonchev–Trinajstić information content (AvgIpc) is 3.20. The summed E-state index contributed by atoms with van der Waals surface area (Å²) in [4.78, 5) is 13.2. The molecule has 4 heteroatoms. The van der Waals surface area contributed by atoms with E-state index in [1.165, 1.54) is 0 Å². The molecule has 1 aromatic heterocycles. The number of hydrogen-bond acceptors (Lipinski definition) is 3. The molecule has 110 valence electrons. The summed E-state index contributed by atoms with van der Waals surface area (Å²) < 4.78 is 7.12. The molecule has 0 aliphatic heterocycles. The maximum Gasteiger partial charge on any atom is 0.195 e. The quantitative estimate of drug-likeness (QED) is 0.790. The molecule has 0 spiro atoms. The molecule has 1 aromatic carbocycles. The summed E-state index contributed by atoms with van der Waals surface area (Å²) in [6.07, 6.45) is 3.42. The van der Waals surface area contributed by atoms with Crippen LogP contribution in [0.2, 0.25) is 0 Å². The van der Waals surface area contributed by atoms with Gasteiger partial charge in [-0.1, -0.05) is 30.3 Å². The Morgan fingerprint density at radius 1 is 1.29 bits per heavy atom. The number of rotatable bonds is 5. The molecule has 1 heterocycles. The van der Waals surface area contributed by atoms with E-state index in [1.54, 1.807) is 18.0 Å². The number of Topliss-reactive ketones (excluding diaryl/α,β-unsaturated/α-hetero) is 1. The fourth-order valence-corrected chi connectivity index (χ4v) is 2.86. The van der Waals surface area contributed by atoms with Gasteiger partial charge >= 0.3 is 0 Å². The van der Waals surface area contributed by atoms with Crippen LogP contribution in [-0.2, 0) is 5.41 Å². The van der Waals surface area contributed by atoms with Crippen LogP contribution in [0.25, 0.3) is 0 Å². The van der Waals surface area contributed by atoms with Crippen molar-refractivity contribution in [2.45, 2.75) is 38.1 Å². The fourth-order valence-electron chi connectivity index (χ4n) is 2.86. The van der Waals surface area contributed by atoms with Crippen molar-refractivity contribution in [2.75, 3.05) is 7.11 Å². The standard InChI is InChI=1S/C17H20N2O2/c1-12(2)19-15(14(21-3)11-18-19)16(20)17(9-10-17)13-7-5-4-6-8-13/h4-8,11-12H,9-10H2,1-3H3. The number of carbonyl (C=O) groups excluding carboxylic acids is 1. The van der Waals surface area contributed by atoms with Crippen molar-refractivity contribution in [2.24, 2.45) is 0 Å². The number of ether oxygens (including phenoxy) is 1. The predicted octanol–water partition coefficient (Wildman–Crippen LogP) is 3.39. The van der Waals surface area contributed by atoms with Crippen LogP contribution in [0.5, 0.6) is 5.75 Å². The Morgan fingerprint density at radius 2 is 1.95 bits per heavy atom. The molecule has 1 aliphatic rings. The lowest BCUT2D eigenvalue weighted by Crippen LogP contribution is -2.25. The van der Waals surface area contributed by atoms with Gasteiger partial charge in [-0.05, 0) is 32.3 Å². The van der Waals surface area contributed by atoms with Crippen LogP contribution in [0.3, 0.4) is 0 Å². The molecule has 0 unspecified atom stereocenters. The summed E-state index contributed by atoms with van der Waals surface area (Å²) in [5.41, 5.74) is 1.30. The summed E-state index contributed by atoms with van der Waals surface area (Å²) >= 11 is 0. The van der Waals surface area contributed by atoms with Crippen molar-refractivity contribution in [3.05, 3.63) is 47.8 Å². The van der Waals surface area contributed by atoms with Crippen molar-refractivity contribution >= 4 is 5.78 Å². The van der Waals surface area contributed by atoms with E-state index in [0.29, 0.717) is 11.4 Å². The highest BCUT2D eigenvalue weighted by Crippen LogP contribution is 2.51. The molecule has 0 atom stereocenters. The van der Waals surface area contributed by atoms with Crippen molar-refractivity contribution in [3.63, 3.8) is 0 Å². The Kier molecular flexibility index (Phi) is 3.32. The number of hydrogen-bond donors (Lipinski definition) is 0. The summed E-state index contributed by atoms with van der Waals surface area (Å²) in [5, 5.41) is 4.31. The molecule has 0 bridgehead atoms. The number of benzene rings is 1. The van der Waals surface area contributed by atoms with Crippen LogP contribution in [0.1, 0.15) is 48.8 Å². The molecule has 21 heavy (non-hydrogen) atoms. The molecular weight excluding hydrogens is 264 g/mol. The van der Waals surface area contributed by atoms with Gasteiger partial charge in [-0.25, -0.2) is 0 Å². The lowest BCUT2D eigenvalue weighted by atomic mass is 9.89. The lowest BCUT2D eigenvalue weighted by Gasteiger charge is -2.18. The minimum absolute atomic E-state index is 0.122. The van der Waals surface area contributed by atoms with Gasteiger partial charge in [0, 0.05) is 6.04 Å². The smallest absolute Gasteiger partial charge is 0.195 e. The van der Waals surface area contributed by atoms with E-state index in [1.807, 2.05) is 44.2 Å². The first-order valence-corrected chi connectivity index (χ1v) is 7.32. The van der Waals surface area contributed by atoms with Gasteiger partial charge < -0.3 is 4.74 Å². The number of aromatic nitrogens is 2. The van der Waals surface area contributed by atoms with E-state index in [-0.39, 0.29) is 17.2 Å². The van der Waals surface area contributed by atoms with Gasteiger partial charge in [0.05, 0.1) is 18.7 Å².